The van der Waals surface area contributed by atoms with Crippen LogP contribution >= 0.6 is 0 Å². The van der Waals surface area contributed by atoms with Crippen LogP contribution in [0.2, 0.25) is 36.3 Å². The molecule has 0 rings (SSSR count). The summed E-state index contributed by atoms with van der Waals surface area (Å²) in [6.45, 7) is 25.1. The lowest BCUT2D eigenvalue weighted by atomic mass is 10.2. The van der Waals surface area contributed by atoms with Gasteiger partial charge < -0.3 is 14.6 Å². The van der Waals surface area contributed by atoms with E-state index in [1.54, 1.807) is 0 Å². The molecule has 0 aliphatic heterocycles. The second-order valence-corrected chi connectivity index (χ2v) is 19.2. The molecule has 0 amide bonds. The van der Waals surface area contributed by atoms with Crippen molar-refractivity contribution in [2.45, 2.75) is 96.9 Å². The normalized spacial score (nSPS) is 17.6. The smallest absolute Gasteiger partial charge is 0.192 e. The Morgan fingerprint density at radius 2 is 1.35 bits per heavy atom. The minimum Gasteiger partial charge on any atom is -0.415 e. The lowest BCUT2D eigenvalue weighted by Crippen LogP contribution is -2.52. The fourth-order valence-corrected chi connectivity index (χ4v) is 3.92. The Kier molecular flexibility index (Phi) is 7.97. The summed E-state index contributed by atoms with van der Waals surface area (Å²) in [6.07, 6.45) is 4.04. The van der Waals surface area contributed by atoms with Gasteiger partial charge in [-0.3, -0.25) is 0 Å². The molecule has 0 aliphatic rings. The van der Waals surface area contributed by atoms with Crippen molar-refractivity contribution in [2.24, 2.45) is 5.73 Å². The summed E-state index contributed by atoms with van der Waals surface area (Å²) in [5.74, 6) is 0. The highest BCUT2D eigenvalue weighted by atomic mass is 28.4. The zero-order chi connectivity index (χ0) is 18.7. The summed E-state index contributed by atoms with van der Waals surface area (Å²) in [6, 6.07) is -0.130. The molecule has 0 heterocycles. The molecule has 3 nitrogen and oxygen atoms in total. The predicted octanol–water partition coefficient (Wildman–Crippen LogP) is 5.30. The van der Waals surface area contributed by atoms with Crippen molar-refractivity contribution >= 4 is 16.6 Å². The van der Waals surface area contributed by atoms with Gasteiger partial charge in [0.15, 0.2) is 16.6 Å². The van der Waals surface area contributed by atoms with E-state index in [9.17, 15) is 0 Å². The van der Waals surface area contributed by atoms with Gasteiger partial charge in [0.1, 0.15) is 0 Å². The standard InChI is InChI=1S/C18H41NO2Si2/c1-12-13-16(21-23(10,11)18(5,6)7)15(19)14-20-22(8,9)17(2,3)4/h12-13,15-16H,14,19H2,1-11H3/b13-12+/t15-,16+/m0/s1. The summed E-state index contributed by atoms with van der Waals surface area (Å²) < 4.78 is 12.8. The van der Waals surface area contributed by atoms with Crippen LogP contribution in [-0.4, -0.2) is 35.4 Å². The molecule has 0 radical (unpaired) electrons. The van der Waals surface area contributed by atoms with E-state index >= 15 is 0 Å². The van der Waals surface area contributed by atoms with Crippen molar-refractivity contribution < 1.29 is 8.85 Å². The van der Waals surface area contributed by atoms with E-state index in [-0.39, 0.29) is 22.2 Å². The highest BCUT2D eigenvalue weighted by Crippen LogP contribution is 2.38. The molecule has 0 spiro atoms. The first-order valence-electron chi connectivity index (χ1n) is 8.75. The number of rotatable bonds is 7. The van der Waals surface area contributed by atoms with Gasteiger partial charge in [0, 0.05) is 0 Å². The molecule has 0 aromatic rings. The van der Waals surface area contributed by atoms with Crippen molar-refractivity contribution in [3.8, 4) is 0 Å². The van der Waals surface area contributed by atoms with E-state index < -0.39 is 16.6 Å². The SMILES string of the molecule is C/C=C/[C@@H](O[Si](C)(C)C(C)(C)C)[C@@H](N)CO[Si](C)(C)C(C)(C)C. The zero-order valence-corrected chi connectivity index (χ0v) is 19.4. The number of nitrogens with two attached hydrogens (primary N) is 1. The van der Waals surface area contributed by atoms with Crippen molar-refractivity contribution in [2.75, 3.05) is 6.61 Å². The molecule has 0 aliphatic carbocycles. The largest absolute Gasteiger partial charge is 0.415 e. The molecule has 0 bridgehead atoms. The maximum absolute atomic E-state index is 6.52. The molecule has 138 valence electrons. The minimum absolute atomic E-state index is 0.0781. The Morgan fingerprint density at radius 3 is 1.70 bits per heavy atom. The Bertz CT molecular complexity index is 393. The van der Waals surface area contributed by atoms with E-state index in [4.69, 9.17) is 14.6 Å². The maximum atomic E-state index is 6.52. The molecule has 0 saturated carbocycles. The van der Waals surface area contributed by atoms with Crippen molar-refractivity contribution in [1.29, 1.82) is 0 Å². The number of allylic oxidation sites excluding steroid dienone is 1. The highest BCUT2D eigenvalue weighted by Gasteiger charge is 2.41. The summed E-state index contributed by atoms with van der Waals surface area (Å²) in [5, 5.41) is 0.371. The van der Waals surface area contributed by atoms with Crippen molar-refractivity contribution in [3.63, 3.8) is 0 Å². The molecular formula is C18H41NO2Si2. The number of hydrogen-bond acceptors (Lipinski definition) is 3. The van der Waals surface area contributed by atoms with Crippen LogP contribution in [0.5, 0.6) is 0 Å². The molecule has 0 fully saturated rings. The molecule has 2 N–H and O–H groups in total. The van der Waals surface area contributed by atoms with Crippen LogP contribution in [0.1, 0.15) is 48.5 Å². The molecule has 0 unspecified atom stereocenters. The van der Waals surface area contributed by atoms with E-state index in [1.165, 1.54) is 0 Å². The van der Waals surface area contributed by atoms with Crippen molar-refractivity contribution in [3.05, 3.63) is 12.2 Å². The average Bonchev–Trinajstić information content (AvgIpc) is 2.32. The van der Waals surface area contributed by atoms with Gasteiger partial charge >= 0.3 is 0 Å². The fourth-order valence-electron chi connectivity index (χ4n) is 1.59. The first-order chi connectivity index (χ1) is 10.0. The third-order valence-corrected chi connectivity index (χ3v) is 14.5. The molecule has 0 aromatic carbocycles. The van der Waals surface area contributed by atoms with Crippen LogP contribution < -0.4 is 5.73 Å². The summed E-state index contributed by atoms with van der Waals surface area (Å²) in [4.78, 5) is 0. The van der Waals surface area contributed by atoms with Crippen LogP contribution in [0.25, 0.3) is 0 Å². The van der Waals surface area contributed by atoms with Gasteiger partial charge in [-0.25, -0.2) is 0 Å². The van der Waals surface area contributed by atoms with Crippen molar-refractivity contribution in [1.82, 2.24) is 0 Å². The fraction of sp³-hybridized carbons (Fsp3) is 0.889. The van der Waals surface area contributed by atoms with E-state index in [0.717, 1.165) is 0 Å². The van der Waals surface area contributed by atoms with Gasteiger partial charge in [0.2, 0.25) is 0 Å². The van der Waals surface area contributed by atoms with Crippen LogP contribution in [0, 0.1) is 0 Å². The third kappa shape index (κ3) is 6.82. The lowest BCUT2D eigenvalue weighted by molar-refractivity contribution is 0.151. The van der Waals surface area contributed by atoms with Gasteiger partial charge in [-0.05, 0) is 43.2 Å². The topological polar surface area (TPSA) is 44.5 Å². The van der Waals surface area contributed by atoms with E-state index in [1.807, 2.05) is 13.0 Å². The van der Waals surface area contributed by atoms with Gasteiger partial charge in [-0.2, -0.15) is 0 Å². The van der Waals surface area contributed by atoms with Crippen LogP contribution in [0.4, 0.5) is 0 Å². The molecule has 23 heavy (non-hydrogen) atoms. The molecule has 2 atom stereocenters. The number of hydrogen-bond donors (Lipinski definition) is 1. The maximum Gasteiger partial charge on any atom is 0.192 e. The third-order valence-electron chi connectivity index (χ3n) is 5.48. The summed E-state index contributed by atoms with van der Waals surface area (Å²) >= 11 is 0. The first kappa shape index (κ1) is 23.1. The van der Waals surface area contributed by atoms with Gasteiger partial charge in [0.05, 0.1) is 18.8 Å². The summed E-state index contributed by atoms with van der Waals surface area (Å²) in [5.41, 5.74) is 6.45. The monoisotopic (exact) mass is 359 g/mol. The molecule has 5 heteroatoms. The summed E-state index contributed by atoms with van der Waals surface area (Å²) in [7, 11) is -3.64. The Hall–Kier alpha value is 0.0538. The van der Waals surface area contributed by atoms with E-state index in [0.29, 0.717) is 6.61 Å². The molecule has 0 aromatic heterocycles. The van der Waals surface area contributed by atoms with E-state index in [2.05, 4.69) is 73.8 Å². The highest BCUT2D eigenvalue weighted by molar-refractivity contribution is 6.74. The quantitative estimate of drug-likeness (QED) is 0.495. The van der Waals surface area contributed by atoms with Gasteiger partial charge in [-0.15, -0.1) is 0 Å². The Balaban J connectivity index is 5.00. The predicted molar refractivity (Wildman–Crippen MR) is 108 cm³/mol. The van der Waals surface area contributed by atoms with Gasteiger partial charge in [-0.1, -0.05) is 53.7 Å². The molecular weight excluding hydrogens is 318 g/mol. The average molecular weight is 360 g/mol. The zero-order valence-electron chi connectivity index (χ0n) is 17.4. The second-order valence-electron chi connectivity index (χ2n) is 9.60. The lowest BCUT2D eigenvalue weighted by Gasteiger charge is -2.41. The minimum atomic E-state index is -1.86. The second kappa shape index (κ2) is 7.96. The van der Waals surface area contributed by atoms with Crippen LogP contribution in [0.15, 0.2) is 12.2 Å². The Morgan fingerprint density at radius 1 is 0.913 bits per heavy atom. The molecule has 0 saturated heterocycles. The van der Waals surface area contributed by atoms with Gasteiger partial charge in [0.25, 0.3) is 0 Å². The van der Waals surface area contributed by atoms with Crippen LogP contribution in [-0.2, 0) is 8.85 Å². The van der Waals surface area contributed by atoms with Crippen LogP contribution in [0.3, 0.4) is 0 Å². The Labute approximate surface area is 147 Å². The first-order valence-corrected chi connectivity index (χ1v) is 14.6.